The van der Waals surface area contributed by atoms with E-state index in [0.29, 0.717) is 30.3 Å². The molecule has 2 heterocycles. The Balaban J connectivity index is 1.76. The molecule has 2 saturated heterocycles. The number of nitrogens with one attached hydrogen (secondary N) is 1. The summed E-state index contributed by atoms with van der Waals surface area (Å²) in [6.07, 6.45) is 6.80. The number of rotatable bonds is 6. The molecule has 2 fully saturated rings. The number of aliphatic imine (C=N–C) groups is 1. The Kier molecular flexibility index (Phi) is 6.39. The van der Waals surface area contributed by atoms with Gasteiger partial charge in [0.05, 0.1) is 5.70 Å². The lowest BCUT2D eigenvalue weighted by Crippen LogP contribution is -2.57. The Bertz CT molecular complexity index is 856. The van der Waals surface area contributed by atoms with E-state index in [9.17, 15) is 13.6 Å². The first-order chi connectivity index (χ1) is 14.2. The van der Waals surface area contributed by atoms with Crippen LogP contribution in [-0.4, -0.2) is 46.7 Å². The highest BCUT2D eigenvalue weighted by atomic mass is 19.3. The molecule has 0 spiro atoms. The van der Waals surface area contributed by atoms with Crippen molar-refractivity contribution in [2.24, 2.45) is 4.99 Å². The summed E-state index contributed by atoms with van der Waals surface area (Å²) >= 11 is 0. The second-order valence-electron chi connectivity index (χ2n) is 7.74. The minimum absolute atomic E-state index is 0.0288. The van der Waals surface area contributed by atoms with Gasteiger partial charge in [-0.1, -0.05) is 31.4 Å². The van der Waals surface area contributed by atoms with Gasteiger partial charge in [-0.2, -0.15) is 0 Å². The van der Waals surface area contributed by atoms with Crippen LogP contribution in [0.1, 0.15) is 32.3 Å². The number of benzene rings is 1. The summed E-state index contributed by atoms with van der Waals surface area (Å²) in [6.45, 7) is 11.8. The number of nitrogens with zero attached hydrogens (tertiary/aromatic N) is 3. The molecule has 30 heavy (non-hydrogen) atoms. The largest absolute Gasteiger partial charge is 0.353 e. The highest BCUT2D eigenvalue weighted by Crippen LogP contribution is 2.32. The van der Waals surface area contributed by atoms with Crippen molar-refractivity contribution in [3.8, 4) is 0 Å². The summed E-state index contributed by atoms with van der Waals surface area (Å²) in [6, 6.07) is 6.25. The molecule has 5 nitrogen and oxygen atoms in total. The van der Waals surface area contributed by atoms with Gasteiger partial charge in [0.1, 0.15) is 0 Å². The number of fused-ring (bicyclic) bond motifs is 2. The Morgan fingerprint density at radius 2 is 1.83 bits per heavy atom. The number of halogens is 2. The van der Waals surface area contributed by atoms with Crippen molar-refractivity contribution in [3.05, 3.63) is 67.0 Å². The number of anilines is 1. The van der Waals surface area contributed by atoms with Crippen molar-refractivity contribution in [3.63, 3.8) is 0 Å². The molecule has 0 aliphatic carbocycles. The number of likely N-dealkylation sites (tertiary alicyclic amines) is 1. The zero-order valence-corrected chi connectivity index (χ0v) is 17.4. The molecule has 2 aliphatic heterocycles. The van der Waals surface area contributed by atoms with Crippen LogP contribution in [0.25, 0.3) is 0 Å². The van der Waals surface area contributed by atoms with Crippen LogP contribution in [-0.2, 0) is 10.7 Å². The summed E-state index contributed by atoms with van der Waals surface area (Å²) in [4.78, 5) is 20.8. The standard InChI is InChI=1S/C23H28F2N4O/c1-5-13-26-22(16(3)27-18-9-7-17(8-10-18)23(4,24)25)28-14-19-11-12-20(15-28)29(19)21(30)6-2/h5-10,13,19-20,27H,2-3,11-12,14-15H2,1,4H3/b13-5-,26-22+. The molecule has 0 saturated carbocycles. The summed E-state index contributed by atoms with van der Waals surface area (Å²) in [5.41, 5.74) is 1.19. The second-order valence-corrected chi connectivity index (χ2v) is 7.74. The molecule has 160 valence electrons. The van der Waals surface area contributed by atoms with Crippen molar-refractivity contribution >= 4 is 17.4 Å². The third-order valence-electron chi connectivity index (χ3n) is 5.51. The van der Waals surface area contributed by atoms with Gasteiger partial charge >= 0.3 is 0 Å². The van der Waals surface area contributed by atoms with Crippen LogP contribution < -0.4 is 5.32 Å². The summed E-state index contributed by atoms with van der Waals surface area (Å²) in [5.74, 6) is -2.23. The summed E-state index contributed by atoms with van der Waals surface area (Å²) < 4.78 is 26.9. The second kappa shape index (κ2) is 8.81. The number of amidine groups is 1. The topological polar surface area (TPSA) is 47.9 Å². The van der Waals surface area contributed by atoms with Crippen LogP contribution in [0.2, 0.25) is 0 Å². The van der Waals surface area contributed by atoms with E-state index in [0.717, 1.165) is 19.8 Å². The van der Waals surface area contributed by atoms with E-state index in [2.05, 4.69) is 28.4 Å². The molecular weight excluding hydrogens is 386 g/mol. The number of carbonyl (C=O) groups excluding carboxylic acids is 1. The van der Waals surface area contributed by atoms with E-state index >= 15 is 0 Å². The Morgan fingerprint density at radius 3 is 2.33 bits per heavy atom. The van der Waals surface area contributed by atoms with Crippen LogP contribution in [0, 0.1) is 0 Å². The fourth-order valence-corrected chi connectivity index (χ4v) is 4.11. The van der Waals surface area contributed by atoms with Gasteiger partial charge in [0.15, 0.2) is 5.84 Å². The molecule has 2 atom stereocenters. The number of alkyl halides is 2. The molecule has 1 aromatic carbocycles. The van der Waals surface area contributed by atoms with Gasteiger partial charge in [-0.15, -0.1) is 0 Å². The molecule has 0 radical (unpaired) electrons. The van der Waals surface area contributed by atoms with Gasteiger partial charge in [-0.3, -0.25) is 4.79 Å². The highest BCUT2D eigenvalue weighted by molar-refractivity contribution is 6.01. The first-order valence-electron chi connectivity index (χ1n) is 10.1. The van der Waals surface area contributed by atoms with Gasteiger partial charge in [-0.05, 0) is 38.0 Å². The lowest BCUT2D eigenvalue weighted by Gasteiger charge is -2.42. The maximum atomic E-state index is 13.4. The number of piperazine rings is 1. The number of hydrogen-bond donors (Lipinski definition) is 1. The highest BCUT2D eigenvalue weighted by Gasteiger charge is 2.42. The van der Waals surface area contributed by atoms with E-state index in [1.165, 1.54) is 18.2 Å². The van der Waals surface area contributed by atoms with E-state index in [4.69, 9.17) is 0 Å². The normalized spacial score (nSPS) is 21.8. The maximum absolute atomic E-state index is 13.4. The number of carbonyl (C=O) groups is 1. The fourth-order valence-electron chi connectivity index (χ4n) is 4.11. The minimum atomic E-state index is -2.88. The average molecular weight is 415 g/mol. The average Bonchev–Trinajstić information content (AvgIpc) is 2.97. The molecule has 0 aromatic heterocycles. The van der Waals surface area contributed by atoms with Crippen molar-refractivity contribution in [1.29, 1.82) is 0 Å². The summed E-state index contributed by atoms with van der Waals surface area (Å²) in [5, 5.41) is 3.18. The van der Waals surface area contributed by atoms with E-state index in [-0.39, 0.29) is 23.6 Å². The minimum Gasteiger partial charge on any atom is -0.353 e. The quantitative estimate of drug-likeness (QED) is 0.423. The zero-order valence-electron chi connectivity index (χ0n) is 17.4. The fraction of sp³-hybridized carbons (Fsp3) is 0.391. The van der Waals surface area contributed by atoms with Gasteiger partial charge < -0.3 is 15.1 Å². The Morgan fingerprint density at radius 1 is 1.23 bits per heavy atom. The maximum Gasteiger partial charge on any atom is 0.270 e. The third kappa shape index (κ3) is 4.61. The molecule has 7 heteroatoms. The molecule has 2 aliphatic rings. The van der Waals surface area contributed by atoms with Crippen LogP contribution in [0.5, 0.6) is 0 Å². The molecule has 1 amide bonds. The van der Waals surface area contributed by atoms with E-state index in [1.54, 1.807) is 18.3 Å². The molecule has 2 bridgehead atoms. The molecular formula is C23H28F2N4O. The predicted molar refractivity (Wildman–Crippen MR) is 116 cm³/mol. The molecule has 3 rings (SSSR count). The van der Waals surface area contributed by atoms with Crippen LogP contribution in [0.3, 0.4) is 0 Å². The van der Waals surface area contributed by atoms with Crippen LogP contribution >= 0.6 is 0 Å². The number of amides is 1. The SMILES string of the molecule is C=CC(=O)N1C2CCC1CN(/C(=N/C=C\C)C(=C)Nc1ccc(C(C)(F)F)cc1)C2. The molecule has 1 N–H and O–H groups in total. The number of hydrogen-bond acceptors (Lipinski definition) is 3. The van der Waals surface area contributed by atoms with E-state index < -0.39 is 5.92 Å². The Hall–Kier alpha value is -2.96. The monoisotopic (exact) mass is 414 g/mol. The first kappa shape index (κ1) is 21.7. The predicted octanol–water partition coefficient (Wildman–Crippen LogP) is 4.52. The smallest absolute Gasteiger partial charge is 0.270 e. The van der Waals surface area contributed by atoms with Crippen LogP contribution in [0.15, 0.2) is 66.5 Å². The lowest BCUT2D eigenvalue weighted by atomic mass is 10.1. The van der Waals surface area contributed by atoms with Gasteiger partial charge in [-0.25, -0.2) is 13.8 Å². The van der Waals surface area contributed by atoms with Crippen molar-refractivity contribution in [2.45, 2.75) is 44.7 Å². The summed E-state index contributed by atoms with van der Waals surface area (Å²) in [7, 11) is 0. The first-order valence-corrected chi connectivity index (χ1v) is 10.1. The van der Waals surface area contributed by atoms with Crippen molar-refractivity contribution in [2.75, 3.05) is 18.4 Å². The lowest BCUT2D eigenvalue weighted by molar-refractivity contribution is -0.130. The van der Waals surface area contributed by atoms with Crippen LogP contribution in [0.4, 0.5) is 14.5 Å². The van der Waals surface area contributed by atoms with Crippen molar-refractivity contribution in [1.82, 2.24) is 9.80 Å². The number of allylic oxidation sites excluding steroid dienone is 1. The van der Waals surface area contributed by atoms with Gasteiger partial charge in [0.25, 0.3) is 5.92 Å². The van der Waals surface area contributed by atoms with E-state index in [1.807, 2.05) is 17.9 Å². The third-order valence-corrected chi connectivity index (χ3v) is 5.51. The molecule has 2 unspecified atom stereocenters. The Labute approximate surface area is 176 Å². The zero-order chi connectivity index (χ0) is 21.9. The van der Waals surface area contributed by atoms with Gasteiger partial charge in [0.2, 0.25) is 5.91 Å². The van der Waals surface area contributed by atoms with Gasteiger partial charge in [0, 0.05) is 49.5 Å². The molecule has 1 aromatic rings. The van der Waals surface area contributed by atoms with Crippen molar-refractivity contribution < 1.29 is 13.6 Å².